The van der Waals surface area contributed by atoms with Gasteiger partial charge < -0.3 is 15.3 Å². The summed E-state index contributed by atoms with van der Waals surface area (Å²) in [6, 6.07) is 0. The Morgan fingerprint density at radius 2 is 2.27 bits per heavy atom. The van der Waals surface area contributed by atoms with Crippen LogP contribution in [0.4, 0.5) is 0 Å². The van der Waals surface area contributed by atoms with Gasteiger partial charge in [0.15, 0.2) is 0 Å². The minimum absolute atomic E-state index is 0.115. The van der Waals surface area contributed by atoms with Gasteiger partial charge in [-0.05, 0) is 24.1 Å². The van der Waals surface area contributed by atoms with E-state index in [9.17, 15) is 15.0 Å². The lowest BCUT2D eigenvalue weighted by molar-refractivity contribution is -0.148. The fourth-order valence-electron chi connectivity index (χ4n) is 1.75. The van der Waals surface area contributed by atoms with Crippen molar-refractivity contribution in [2.24, 2.45) is 11.8 Å². The van der Waals surface area contributed by atoms with Crippen LogP contribution in [0.3, 0.4) is 0 Å². The number of carbonyl (C=O) groups is 1. The molecule has 0 spiro atoms. The Morgan fingerprint density at radius 3 is 2.73 bits per heavy atom. The number of hydrogen-bond donors (Lipinski definition) is 3. The molecule has 0 radical (unpaired) electrons. The Morgan fingerprint density at radius 1 is 1.67 bits per heavy atom. The standard InChI is InChI=1S/C11H16O4/c1-3-7(2)11(15)5-4-8(12)6-9(11)10(13)14/h4-7,9,12,15H,3H2,1-2H3,(H,13,14). The highest BCUT2D eigenvalue weighted by atomic mass is 16.4. The average molecular weight is 212 g/mol. The van der Waals surface area contributed by atoms with Crippen molar-refractivity contribution in [1.29, 1.82) is 0 Å². The molecule has 3 atom stereocenters. The van der Waals surface area contributed by atoms with Crippen molar-refractivity contribution in [2.75, 3.05) is 0 Å². The van der Waals surface area contributed by atoms with Crippen molar-refractivity contribution in [3.8, 4) is 0 Å². The summed E-state index contributed by atoms with van der Waals surface area (Å²) in [6.07, 6.45) is 4.55. The number of aliphatic carboxylic acids is 1. The van der Waals surface area contributed by atoms with Crippen LogP contribution in [0.25, 0.3) is 0 Å². The van der Waals surface area contributed by atoms with E-state index in [0.29, 0.717) is 6.42 Å². The molecule has 4 heteroatoms. The van der Waals surface area contributed by atoms with Gasteiger partial charge in [-0.25, -0.2) is 0 Å². The van der Waals surface area contributed by atoms with Crippen molar-refractivity contribution in [1.82, 2.24) is 0 Å². The topological polar surface area (TPSA) is 77.8 Å². The third-order valence-corrected chi connectivity index (χ3v) is 3.02. The van der Waals surface area contributed by atoms with Crippen LogP contribution in [-0.2, 0) is 4.79 Å². The molecule has 0 aliphatic heterocycles. The number of carboxylic acid groups (broad SMARTS) is 1. The Bertz CT molecular complexity index is 319. The van der Waals surface area contributed by atoms with Gasteiger partial charge in [0, 0.05) is 0 Å². The third kappa shape index (κ3) is 2.04. The molecule has 0 saturated heterocycles. The molecule has 3 unspecified atom stereocenters. The molecule has 0 aromatic carbocycles. The summed E-state index contributed by atoms with van der Waals surface area (Å²) in [6.45, 7) is 3.67. The Kier molecular flexibility index (Phi) is 3.19. The van der Waals surface area contributed by atoms with Gasteiger partial charge in [0.2, 0.25) is 0 Å². The maximum Gasteiger partial charge on any atom is 0.313 e. The number of allylic oxidation sites excluding steroid dienone is 1. The number of aliphatic hydroxyl groups excluding tert-OH is 1. The summed E-state index contributed by atoms with van der Waals surface area (Å²) >= 11 is 0. The second kappa shape index (κ2) is 4.06. The molecule has 4 nitrogen and oxygen atoms in total. The van der Waals surface area contributed by atoms with Crippen LogP contribution < -0.4 is 0 Å². The number of hydrogen-bond acceptors (Lipinski definition) is 3. The van der Waals surface area contributed by atoms with Gasteiger partial charge in [0.25, 0.3) is 0 Å². The largest absolute Gasteiger partial charge is 0.508 e. The van der Waals surface area contributed by atoms with Crippen LogP contribution in [-0.4, -0.2) is 26.9 Å². The van der Waals surface area contributed by atoms with E-state index in [1.165, 1.54) is 18.2 Å². The molecule has 0 bridgehead atoms. The average Bonchev–Trinajstić information content (AvgIpc) is 2.20. The second-order valence-electron chi connectivity index (χ2n) is 3.94. The number of carboxylic acids is 1. The van der Waals surface area contributed by atoms with Crippen molar-refractivity contribution >= 4 is 5.97 Å². The van der Waals surface area contributed by atoms with Gasteiger partial charge in [-0.15, -0.1) is 0 Å². The van der Waals surface area contributed by atoms with Crippen LogP contribution in [0, 0.1) is 11.8 Å². The van der Waals surface area contributed by atoms with Crippen molar-refractivity contribution in [3.05, 3.63) is 24.0 Å². The lowest BCUT2D eigenvalue weighted by Crippen LogP contribution is -2.46. The van der Waals surface area contributed by atoms with E-state index in [4.69, 9.17) is 5.11 Å². The van der Waals surface area contributed by atoms with Crippen LogP contribution in [0.15, 0.2) is 24.0 Å². The van der Waals surface area contributed by atoms with E-state index in [0.717, 1.165) is 0 Å². The molecular weight excluding hydrogens is 196 g/mol. The minimum Gasteiger partial charge on any atom is -0.508 e. The number of aliphatic hydroxyl groups is 2. The first-order valence-corrected chi connectivity index (χ1v) is 4.97. The van der Waals surface area contributed by atoms with Gasteiger partial charge in [-0.3, -0.25) is 4.79 Å². The zero-order valence-electron chi connectivity index (χ0n) is 8.84. The highest BCUT2D eigenvalue weighted by Gasteiger charge is 2.43. The highest BCUT2D eigenvalue weighted by Crippen LogP contribution is 2.35. The summed E-state index contributed by atoms with van der Waals surface area (Å²) < 4.78 is 0. The monoisotopic (exact) mass is 212 g/mol. The molecule has 0 amide bonds. The van der Waals surface area contributed by atoms with Crippen molar-refractivity contribution in [2.45, 2.75) is 25.9 Å². The third-order valence-electron chi connectivity index (χ3n) is 3.02. The van der Waals surface area contributed by atoms with Crippen LogP contribution in [0.2, 0.25) is 0 Å². The molecule has 0 aromatic rings. The lowest BCUT2D eigenvalue weighted by atomic mass is 9.74. The maximum absolute atomic E-state index is 11.0. The first-order chi connectivity index (χ1) is 6.91. The summed E-state index contributed by atoms with van der Waals surface area (Å²) in [4.78, 5) is 11.0. The fourth-order valence-corrected chi connectivity index (χ4v) is 1.75. The van der Waals surface area contributed by atoms with Crippen molar-refractivity contribution < 1.29 is 20.1 Å². The highest BCUT2D eigenvalue weighted by molar-refractivity contribution is 5.75. The van der Waals surface area contributed by atoms with Gasteiger partial charge in [-0.2, -0.15) is 0 Å². The van der Waals surface area contributed by atoms with Gasteiger partial charge in [-0.1, -0.05) is 20.3 Å². The molecule has 0 heterocycles. The molecule has 3 N–H and O–H groups in total. The Hall–Kier alpha value is -1.29. The van der Waals surface area contributed by atoms with E-state index in [1.54, 1.807) is 6.92 Å². The quantitative estimate of drug-likeness (QED) is 0.662. The van der Waals surface area contributed by atoms with Crippen LogP contribution in [0.5, 0.6) is 0 Å². The van der Waals surface area contributed by atoms with Crippen LogP contribution >= 0.6 is 0 Å². The van der Waals surface area contributed by atoms with Crippen LogP contribution in [0.1, 0.15) is 20.3 Å². The molecule has 0 saturated carbocycles. The van der Waals surface area contributed by atoms with E-state index < -0.39 is 17.5 Å². The number of rotatable bonds is 3. The van der Waals surface area contributed by atoms with E-state index in [1.807, 2.05) is 6.92 Å². The molecule has 1 aliphatic carbocycles. The Balaban J connectivity index is 3.08. The predicted molar refractivity (Wildman–Crippen MR) is 55.4 cm³/mol. The normalized spacial score (nSPS) is 32.2. The summed E-state index contributed by atoms with van der Waals surface area (Å²) in [5.41, 5.74) is -1.41. The van der Waals surface area contributed by atoms with Gasteiger partial charge in [0.1, 0.15) is 17.3 Å². The van der Waals surface area contributed by atoms with E-state index >= 15 is 0 Å². The second-order valence-corrected chi connectivity index (χ2v) is 3.94. The Labute approximate surface area is 88.5 Å². The lowest BCUT2D eigenvalue weighted by Gasteiger charge is -2.36. The molecular formula is C11H16O4. The SMILES string of the molecule is CCC(C)C1(O)C=CC(O)=CC1C(=O)O. The fraction of sp³-hybridized carbons (Fsp3) is 0.545. The van der Waals surface area contributed by atoms with E-state index in [-0.39, 0.29) is 11.7 Å². The maximum atomic E-state index is 11.0. The smallest absolute Gasteiger partial charge is 0.313 e. The molecule has 1 rings (SSSR count). The summed E-state index contributed by atoms with van der Waals surface area (Å²) in [7, 11) is 0. The minimum atomic E-state index is -1.41. The van der Waals surface area contributed by atoms with Crippen molar-refractivity contribution in [3.63, 3.8) is 0 Å². The molecule has 15 heavy (non-hydrogen) atoms. The zero-order valence-corrected chi connectivity index (χ0v) is 8.84. The first-order valence-electron chi connectivity index (χ1n) is 4.97. The first kappa shape index (κ1) is 11.8. The van der Waals surface area contributed by atoms with Gasteiger partial charge in [0.05, 0.1) is 0 Å². The van der Waals surface area contributed by atoms with E-state index in [2.05, 4.69) is 0 Å². The summed E-state index contributed by atoms with van der Waals surface area (Å²) in [5.74, 6) is -2.51. The molecule has 1 aliphatic rings. The zero-order chi connectivity index (χ0) is 11.6. The molecule has 0 aromatic heterocycles. The molecule has 0 fully saturated rings. The molecule has 84 valence electrons. The van der Waals surface area contributed by atoms with Gasteiger partial charge >= 0.3 is 5.97 Å². The predicted octanol–water partition coefficient (Wildman–Crippen LogP) is 1.48. The summed E-state index contributed by atoms with van der Waals surface area (Å²) in [5, 5.41) is 28.5.